The molecule has 1 aromatic rings. The predicted molar refractivity (Wildman–Crippen MR) is 81.9 cm³/mol. The normalized spacial score (nSPS) is 25.4. The Labute approximate surface area is 131 Å². The van der Waals surface area contributed by atoms with E-state index in [9.17, 15) is 4.79 Å². The van der Waals surface area contributed by atoms with Crippen molar-refractivity contribution in [1.29, 1.82) is 0 Å². The molecule has 0 bridgehead atoms. The van der Waals surface area contributed by atoms with Gasteiger partial charge in [-0.2, -0.15) is 5.10 Å². The van der Waals surface area contributed by atoms with E-state index < -0.39 is 0 Å². The molecule has 122 valence electrons. The Balaban J connectivity index is 1.70. The second-order valence-electron chi connectivity index (χ2n) is 6.34. The van der Waals surface area contributed by atoms with Crippen molar-refractivity contribution in [2.24, 2.45) is 7.05 Å². The summed E-state index contributed by atoms with van der Waals surface area (Å²) in [4.78, 5) is 14.6. The van der Waals surface area contributed by atoms with Gasteiger partial charge in [0.1, 0.15) is 0 Å². The first-order valence-corrected chi connectivity index (χ1v) is 8.13. The van der Waals surface area contributed by atoms with Gasteiger partial charge >= 0.3 is 0 Å². The fourth-order valence-electron chi connectivity index (χ4n) is 3.27. The second kappa shape index (κ2) is 6.79. The predicted octanol–water partition coefficient (Wildman–Crippen LogP) is 1.57. The number of ether oxygens (including phenoxy) is 2. The van der Waals surface area contributed by atoms with Crippen molar-refractivity contribution in [3.05, 3.63) is 17.5 Å². The summed E-state index contributed by atoms with van der Waals surface area (Å²) in [5.41, 5.74) is 1.58. The molecular formula is C16H25N3O3. The Kier molecular flexibility index (Phi) is 4.78. The van der Waals surface area contributed by atoms with Crippen molar-refractivity contribution in [2.45, 2.75) is 37.7 Å². The summed E-state index contributed by atoms with van der Waals surface area (Å²) in [5, 5.41) is 4.50. The lowest BCUT2D eigenvalue weighted by Gasteiger charge is -2.27. The van der Waals surface area contributed by atoms with Crippen molar-refractivity contribution in [1.82, 2.24) is 14.7 Å². The lowest BCUT2D eigenvalue weighted by atomic mass is 10.0. The van der Waals surface area contributed by atoms with Crippen LogP contribution in [0.4, 0.5) is 0 Å². The van der Waals surface area contributed by atoms with E-state index in [0.29, 0.717) is 18.7 Å². The molecule has 1 aromatic heterocycles. The summed E-state index contributed by atoms with van der Waals surface area (Å²) in [6.07, 6.45) is 6.28. The van der Waals surface area contributed by atoms with Crippen molar-refractivity contribution < 1.29 is 14.3 Å². The minimum Gasteiger partial charge on any atom is -0.381 e. The Morgan fingerprint density at radius 1 is 1.41 bits per heavy atom. The van der Waals surface area contributed by atoms with Crippen molar-refractivity contribution in [3.8, 4) is 0 Å². The van der Waals surface area contributed by atoms with Gasteiger partial charge in [0.25, 0.3) is 5.91 Å². The molecule has 0 spiro atoms. The third-order valence-corrected chi connectivity index (χ3v) is 4.50. The fraction of sp³-hybridized carbons (Fsp3) is 0.750. The average Bonchev–Trinajstić information content (AvgIpc) is 3.16. The second-order valence-corrected chi connectivity index (χ2v) is 6.34. The molecule has 2 atom stereocenters. The van der Waals surface area contributed by atoms with E-state index in [0.717, 1.165) is 38.2 Å². The number of amides is 1. The topological polar surface area (TPSA) is 56.6 Å². The number of hydrogen-bond donors (Lipinski definition) is 0. The molecule has 3 rings (SSSR count). The van der Waals surface area contributed by atoms with Gasteiger partial charge in [0.15, 0.2) is 0 Å². The SMILES string of the molecule is CN(CC1CCCCO1)C(=O)c1cn(C)nc1C1CCOC1. The number of nitrogens with zero attached hydrogens (tertiary/aromatic N) is 3. The Morgan fingerprint density at radius 2 is 2.27 bits per heavy atom. The summed E-state index contributed by atoms with van der Waals surface area (Å²) in [6, 6.07) is 0. The molecule has 2 fully saturated rings. The summed E-state index contributed by atoms with van der Waals surface area (Å²) in [6.45, 7) is 2.87. The van der Waals surface area contributed by atoms with E-state index in [-0.39, 0.29) is 17.9 Å². The molecule has 0 radical (unpaired) electrons. The number of carbonyl (C=O) groups is 1. The maximum absolute atomic E-state index is 12.8. The molecule has 3 heterocycles. The number of hydrogen-bond acceptors (Lipinski definition) is 4. The van der Waals surface area contributed by atoms with Crippen molar-refractivity contribution >= 4 is 5.91 Å². The highest BCUT2D eigenvalue weighted by Crippen LogP contribution is 2.27. The van der Waals surface area contributed by atoms with Gasteiger partial charge in [-0.1, -0.05) is 0 Å². The first-order valence-electron chi connectivity index (χ1n) is 8.13. The van der Waals surface area contributed by atoms with Gasteiger partial charge in [0.2, 0.25) is 0 Å². The van der Waals surface area contributed by atoms with E-state index in [2.05, 4.69) is 5.10 Å². The zero-order valence-electron chi connectivity index (χ0n) is 13.5. The van der Waals surface area contributed by atoms with Crippen molar-refractivity contribution in [2.75, 3.05) is 33.4 Å². The van der Waals surface area contributed by atoms with Gasteiger partial charge < -0.3 is 14.4 Å². The quantitative estimate of drug-likeness (QED) is 0.847. The van der Waals surface area contributed by atoms with Gasteiger partial charge in [-0.05, 0) is 25.7 Å². The van der Waals surface area contributed by atoms with Crippen LogP contribution in [-0.4, -0.2) is 60.1 Å². The lowest BCUT2D eigenvalue weighted by molar-refractivity contribution is -0.000218. The smallest absolute Gasteiger partial charge is 0.257 e. The molecule has 2 unspecified atom stereocenters. The van der Waals surface area contributed by atoms with Crippen LogP contribution in [0.1, 0.15) is 47.7 Å². The standard InChI is InChI=1S/C16H25N3O3/c1-18(9-13-5-3-4-7-22-13)16(20)14-10-19(2)17-15(14)12-6-8-21-11-12/h10,12-13H,3-9,11H2,1-2H3. The fourth-order valence-corrected chi connectivity index (χ4v) is 3.27. The van der Waals surface area contributed by atoms with E-state index in [1.165, 1.54) is 6.42 Å². The zero-order valence-corrected chi connectivity index (χ0v) is 13.5. The van der Waals surface area contributed by atoms with Crippen LogP contribution in [0.3, 0.4) is 0 Å². The van der Waals surface area contributed by atoms with Gasteiger partial charge in [-0.3, -0.25) is 9.48 Å². The third-order valence-electron chi connectivity index (χ3n) is 4.50. The Hall–Kier alpha value is -1.40. The van der Waals surface area contributed by atoms with Gasteiger partial charge in [-0.25, -0.2) is 0 Å². The van der Waals surface area contributed by atoms with E-state index in [1.807, 2.05) is 20.3 Å². The summed E-state index contributed by atoms with van der Waals surface area (Å²) < 4.78 is 12.9. The molecule has 6 nitrogen and oxygen atoms in total. The van der Waals surface area contributed by atoms with Crippen LogP contribution < -0.4 is 0 Å². The lowest BCUT2D eigenvalue weighted by Crippen LogP contribution is -2.37. The molecule has 2 saturated heterocycles. The summed E-state index contributed by atoms with van der Waals surface area (Å²) in [5.74, 6) is 0.267. The van der Waals surface area contributed by atoms with Crippen LogP contribution in [0.25, 0.3) is 0 Å². The Morgan fingerprint density at radius 3 is 2.95 bits per heavy atom. The van der Waals surface area contributed by atoms with Crippen LogP contribution in [-0.2, 0) is 16.5 Å². The van der Waals surface area contributed by atoms with E-state index >= 15 is 0 Å². The minimum absolute atomic E-state index is 0.0316. The first kappa shape index (κ1) is 15.5. The highest BCUT2D eigenvalue weighted by molar-refractivity contribution is 5.95. The van der Waals surface area contributed by atoms with E-state index in [1.54, 1.807) is 9.58 Å². The molecule has 0 saturated carbocycles. The highest BCUT2D eigenvalue weighted by atomic mass is 16.5. The molecule has 0 N–H and O–H groups in total. The van der Waals surface area contributed by atoms with Crippen LogP contribution in [0.15, 0.2) is 6.20 Å². The molecule has 2 aliphatic heterocycles. The van der Waals surface area contributed by atoms with Crippen LogP contribution >= 0.6 is 0 Å². The minimum atomic E-state index is 0.0316. The van der Waals surface area contributed by atoms with Crippen LogP contribution in [0.2, 0.25) is 0 Å². The molecule has 0 aliphatic carbocycles. The third kappa shape index (κ3) is 3.33. The summed E-state index contributed by atoms with van der Waals surface area (Å²) >= 11 is 0. The monoisotopic (exact) mass is 307 g/mol. The number of aryl methyl sites for hydroxylation is 1. The number of aromatic nitrogens is 2. The summed E-state index contributed by atoms with van der Waals surface area (Å²) in [7, 11) is 3.71. The molecule has 6 heteroatoms. The van der Waals surface area contributed by atoms with Gasteiger partial charge in [0, 0.05) is 46.0 Å². The number of carbonyl (C=O) groups excluding carboxylic acids is 1. The molecule has 0 aromatic carbocycles. The number of likely N-dealkylation sites (N-methyl/N-ethyl adjacent to an activating group) is 1. The highest BCUT2D eigenvalue weighted by Gasteiger charge is 2.29. The van der Waals surface area contributed by atoms with Crippen molar-refractivity contribution in [3.63, 3.8) is 0 Å². The molecule has 2 aliphatic rings. The largest absolute Gasteiger partial charge is 0.381 e. The first-order chi connectivity index (χ1) is 10.6. The molecule has 1 amide bonds. The van der Waals surface area contributed by atoms with Gasteiger partial charge in [0.05, 0.1) is 24.0 Å². The number of rotatable bonds is 4. The maximum atomic E-state index is 12.8. The molecule has 22 heavy (non-hydrogen) atoms. The molecular weight excluding hydrogens is 282 g/mol. The van der Waals surface area contributed by atoms with Gasteiger partial charge in [-0.15, -0.1) is 0 Å². The average molecular weight is 307 g/mol. The zero-order chi connectivity index (χ0) is 15.5. The van der Waals surface area contributed by atoms with Crippen LogP contribution in [0.5, 0.6) is 0 Å². The van der Waals surface area contributed by atoms with E-state index in [4.69, 9.17) is 9.47 Å². The maximum Gasteiger partial charge on any atom is 0.257 e. The van der Waals surface area contributed by atoms with Crippen LogP contribution in [0, 0.1) is 0 Å². The Bertz CT molecular complexity index is 517.